The lowest BCUT2D eigenvalue weighted by molar-refractivity contribution is 0.443. The van der Waals surface area contributed by atoms with E-state index in [0.29, 0.717) is 23.2 Å². The molecule has 39 heavy (non-hydrogen) atoms. The molecule has 2 aromatic carbocycles. The fraction of sp³-hybridized carbons (Fsp3) is 0.357. The molecule has 2 N–H and O–H groups in total. The van der Waals surface area contributed by atoms with Crippen LogP contribution in [-0.2, 0) is 9.84 Å². The van der Waals surface area contributed by atoms with E-state index in [1.807, 2.05) is 20.8 Å². The standard InChI is InChI=1S/C28H30FN7O2S/c1-28(2,3)16-32-25-18(13-30)14-31-27-22(25)11-20(12-24(27)39(4,37)38)33-26(17-5-7-19(29)8-6-17)23-15-36(35-34-23)21-9-10-21/h5-8,11-12,14-15,21,26,33H,9-10,16H2,1-4H3,(H,31,32)/t26-/m0/s1/i26D. The molecule has 202 valence electrons. The average Bonchev–Trinajstić information content (AvgIpc) is 3.61. The minimum atomic E-state index is -3.78. The number of aromatic nitrogens is 4. The molecule has 5 rings (SSSR count). The van der Waals surface area contributed by atoms with Crippen molar-refractivity contribution in [2.45, 2.75) is 50.6 Å². The largest absolute Gasteiger partial charge is 0.383 e. The molecule has 1 aliphatic rings. The molecule has 0 saturated heterocycles. The smallest absolute Gasteiger partial charge is 0.177 e. The van der Waals surface area contributed by atoms with Crippen molar-refractivity contribution in [2.24, 2.45) is 5.41 Å². The minimum Gasteiger partial charge on any atom is -0.383 e. The van der Waals surface area contributed by atoms with Gasteiger partial charge in [-0.25, -0.2) is 17.5 Å². The van der Waals surface area contributed by atoms with Gasteiger partial charge in [-0.05, 0) is 48.1 Å². The van der Waals surface area contributed by atoms with E-state index >= 15 is 0 Å². The Morgan fingerprint density at radius 3 is 2.59 bits per heavy atom. The molecule has 1 aliphatic carbocycles. The van der Waals surface area contributed by atoms with E-state index in [4.69, 9.17) is 0 Å². The highest BCUT2D eigenvalue weighted by Gasteiger charge is 2.28. The van der Waals surface area contributed by atoms with Gasteiger partial charge in [0.25, 0.3) is 0 Å². The maximum Gasteiger partial charge on any atom is 0.177 e. The van der Waals surface area contributed by atoms with E-state index in [-0.39, 0.29) is 38.8 Å². The monoisotopic (exact) mass is 548 g/mol. The van der Waals surface area contributed by atoms with Gasteiger partial charge in [-0.2, -0.15) is 5.26 Å². The van der Waals surface area contributed by atoms with Crippen LogP contribution in [0.15, 0.2) is 53.7 Å². The maximum absolute atomic E-state index is 13.8. The van der Waals surface area contributed by atoms with Crippen LogP contribution in [0, 0.1) is 22.6 Å². The Morgan fingerprint density at radius 2 is 1.97 bits per heavy atom. The number of benzene rings is 2. The molecular formula is C28H30FN7O2S. The van der Waals surface area contributed by atoms with Crippen molar-refractivity contribution < 1.29 is 14.2 Å². The highest BCUT2D eigenvalue weighted by molar-refractivity contribution is 7.91. The second-order valence-corrected chi connectivity index (χ2v) is 13.0. The first kappa shape index (κ1) is 25.2. The SMILES string of the molecule is [2H][C@](Nc1cc(S(C)(=O)=O)c2ncc(C#N)c(NCC(C)(C)C)c2c1)(c1ccc(F)cc1)c1cn(C2CC2)nn1. The minimum absolute atomic E-state index is 0.0566. The first-order valence-electron chi connectivity index (χ1n) is 13.1. The summed E-state index contributed by atoms with van der Waals surface area (Å²) in [6.07, 6.45) is 6.07. The van der Waals surface area contributed by atoms with Crippen molar-refractivity contribution >= 4 is 32.1 Å². The Bertz CT molecular complexity index is 1740. The molecule has 9 nitrogen and oxygen atoms in total. The maximum atomic E-state index is 13.8. The summed E-state index contributed by atoms with van der Waals surface area (Å²) in [7, 11) is -3.78. The Kier molecular flexibility index (Phi) is 6.43. The molecule has 0 radical (unpaired) electrons. The van der Waals surface area contributed by atoms with Gasteiger partial charge in [-0.1, -0.05) is 38.1 Å². The molecule has 1 fully saturated rings. The summed E-state index contributed by atoms with van der Waals surface area (Å²) >= 11 is 0. The van der Waals surface area contributed by atoms with Gasteiger partial charge in [0, 0.05) is 30.1 Å². The molecule has 2 heterocycles. The van der Waals surface area contributed by atoms with Gasteiger partial charge in [0.15, 0.2) is 9.84 Å². The second kappa shape index (κ2) is 9.93. The van der Waals surface area contributed by atoms with Crippen LogP contribution in [0.25, 0.3) is 10.9 Å². The van der Waals surface area contributed by atoms with Crippen LogP contribution in [0.1, 0.15) is 63.9 Å². The zero-order chi connectivity index (χ0) is 28.9. The lowest BCUT2D eigenvalue weighted by atomic mass is 9.96. The van der Waals surface area contributed by atoms with E-state index < -0.39 is 21.7 Å². The summed E-state index contributed by atoms with van der Waals surface area (Å²) in [6, 6.07) is 9.18. The fourth-order valence-electron chi connectivity index (χ4n) is 4.21. The number of rotatable bonds is 8. The number of hydrogen-bond acceptors (Lipinski definition) is 8. The van der Waals surface area contributed by atoms with Crippen LogP contribution in [0.2, 0.25) is 0 Å². The third kappa shape index (κ3) is 5.86. The molecule has 0 unspecified atom stereocenters. The van der Waals surface area contributed by atoms with Gasteiger partial charge in [0.2, 0.25) is 0 Å². The highest BCUT2D eigenvalue weighted by Crippen LogP contribution is 2.37. The Balaban J connectivity index is 1.71. The van der Waals surface area contributed by atoms with E-state index in [0.717, 1.165) is 19.1 Å². The van der Waals surface area contributed by atoms with E-state index in [2.05, 4.69) is 32.0 Å². The molecule has 2 aromatic heterocycles. The summed E-state index contributed by atoms with van der Waals surface area (Å²) in [5.74, 6) is -0.456. The molecule has 0 spiro atoms. The quantitative estimate of drug-likeness (QED) is 0.306. The first-order valence-corrected chi connectivity index (χ1v) is 14.4. The van der Waals surface area contributed by atoms with Crippen molar-refractivity contribution in [3.63, 3.8) is 0 Å². The van der Waals surface area contributed by atoms with Crippen LogP contribution in [0.5, 0.6) is 0 Å². The van der Waals surface area contributed by atoms with E-state index in [1.165, 1.54) is 36.5 Å². The molecule has 4 aromatic rings. The molecule has 0 bridgehead atoms. The highest BCUT2D eigenvalue weighted by atomic mass is 32.2. The van der Waals surface area contributed by atoms with Crippen molar-refractivity contribution in [1.29, 1.82) is 5.26 Å². The lowest BCUT2D eigenvalue weighted by Gasteiger charge is -2.23. The van der Waals surface area contributed by atoms with Gasteiger partial charge in [-0.3, -0.25) is 4.98 Å². The number of anilines is 2. The normalized spacial score (nSPS) is 15.8. The summed E-state index contributed by atoms with van der Waals surface area (Å²) in [4.78, 5) is 4.28. The fourth-order valence-corrected chi connectivity index (χ4v) is 5.06. The molecule has 1 saturated carbocycles. The van der Waals surface area contributed by atoms with Crippen molar-refractivity contribution in [1.82, 2.24) is 20.0 Å². The molecule has 11 heteroatoms. The number of sulfone groups is 1. The second-order valence-electron chi connectivity index (χ2n) is 11.0. The number of nitriles is 1. The number of hydrogen-bond donors (Lipinski definition) is 2. The molecule has 0 amide bonds. The summed E-state index contributed by atoms with van der Waals surface area (Å²) in [6.45, 7) is 6.62. The van der Waals surface area contributed by atoms with Crippen LogP contribution in [-0.4, -0.2) is 41.2 Å². The van der Waals surface area contributed by atoms with Gasteiger partial charge in [0.05, 0.1) is 41.3 Å². The molecule has 1 atom stereocenters. The van der Waals surface area contributed by atoms with Crippen molar-refractivity contribution in [3.8, 4) is 6.07 Å². The number of pyridine rings is 1. The Hall–Kier alpha value is -4.04. The topological polar surface area (TPSA) is 126 Å². The third-order valence-electron chi connectivity index (χ3n) is 6.34. The summed E-state index contributed by atoms with van der Waals surface area (Å²) in [5, 5.41) is 25.2. The summed E-state index contributed by atoms with van der Waals surface area (Å²) < 4.78 is 51.0. The van der Waals surface area contributed by atoms with Gasteiger partial charge >= 0.3 is 0 Å². The predicted molar refractivity (Wildman–Crippen MR) is 148 cm³/mol. The zero-order valence-electron chi connectivity index (χ0n) is 23.2. The Morgan fingerprint density at radius 1 is 1.26 bits per heavy atom. The zero-order valence-corrected chi connectivity index (χ0v) is 23.0. The first-order chi connectivity index (χ1) is 18.8. The average molecular weight is 549 g/mol. The molecule has 0 aliphatic heterocycles. The van der Waals surface area contributed by atoms with Crippen LogP contribution in [0.3, 0.4) is 0 Å². The van der Waals surface area contributed by atoms with Crippen LogP contribution >= 0.6 is 0 Å². The number of nitrogens with zero attached hydrogens (tertiary/aromatic N) is 5. The Labute approximate surface area is 228 Å². The van der Waals surface area contributed by atoms with Crippen molar-refractivity contribution in [2.75, 3.05) is 23.4 Å². The van der Waals surface area contributed by atoms with Gasteiger partial charge in [-0.15, -0.1) is 5.10 Å². The van der Waals surface area contributed by atoms with Gasteiger partial charge < -0.3 is 10.6 Å². The predicted octanol–water partition coefficient (Wildman–Crippen LogP) is 5.23. The molecular weight excluding hydrogens is 517 g/mol. The lowest BCUT2D eigenvalue weighted by Crippen LogP contribution is -2.20. The van der Waals surface area contributed by atoms with Crippen LogP contribution < -0.4 is 10.6 Å². The third-order valence-corrected chi connectivity index (χ3v) is 7.45. The van der Waals surface area contributed by atoms with E-state index in [1.54, 1.807) is 16.9 Å². The van der Waals surface area contributed by atoms with Crippen LogP contribution in [0.4, 0.5) is 15.8 Å². The number of halogens is 1. The van der Waals surface area contributed by atoms with Gasteiger partial charge in [0.1, 0.15) is 17.6 Å². The number of fused-ring (bicyclic) bond motifs is 1. The number of nitrogens with one attached hydrogen (secondary N) is 2. The van der Waals surface area contributed by atoms with E-state index in [9.17, 15) is 19.4 Å². The summed E-state index contributed by atoms with van der Waals surface area (Å²) in [5.41, 5.74) is 1.72. The van der Waals surface area contributed by atoms with Crippen molar-refractivity contribution in [3.05, 3.63) is 71.4 Å².